The fourth-order valence-electron chi connectivity index (χ4n) is 1.54. The average molecular weight is 260 g/mol. The molecule has 0 spiro atoms. The number of nitrogens with zero attached hydrogens (tertiary/aromatic N) is 1. The van der Waals surface area contributed by atoms with E-state index in [4.69, 9.17) is 11.5 Å². The van der Waals surface area contributed by atoms with Crippen LogP contribution < -0.4 is 16.9 Å². The van der Waals surface area contributed by atoms with E-state index in [2.05, 4.69) is 15.3 Å². The summed E-state index contributed by atoms with van der Waals surface area (Å²) in [7, 11) is 0. The highest BCUT2D eigenvalue weighted by molar-refractivity contribution is 5.98. The third kappa shape index (κ3) is 2.96. The van der Waals surface area contributed by atoms with Crippen molar-refractivity contribution < 1.29 is 14.4 Å². The largest absolute Gasteiger partial charge is 0.398 e. The maximum Gasteiger partial charge on any atom is 0.293 e. The quantitative estimate of drug-likeness (QED) is 0.666. The molecule has 7 nitrogen and oxygen atoms in total. The highest BCUT2D eigenvalue weighted by atomic mass is 16.7. The number of rotatable bonds is 4. The SMILES string of the molecule is NC(=O)CONC(=O)c1cc(N)c2ccccc2n1. The molecule has 98 valence electrons. The maximum absolute atomic E-state index is 11.7. The van der Waals surface area contributed by atoms with Gasteiger partial charge < -0.3 is 11.5 Å². The highest BCUT2D eigenvalue weighted by Crippen LogP contribution is 2.19. The lowest BCUT2D eigenvalue weighted by Crippen LogP contribution is -2.30. The van der Waals surface area contributed by atoms with Crippen LogP contribution in [0.1, 0.15) is 10.5 Å². The van der Waals surface area contributed by atoms with E-state index >= 15 is 0 Å². The van der Waals surface area contributed by atoms with Gasteiger partial charge >= 0.3 is 0 Å². The van der Waals surface area contributed by atoms with Crippen LogP contribution in [0.5, 0.6) is 0 Å². The third-order valence-electron chi connectivity index (χ3n) is 2.36. The molecular weight excluding hydrogens is 248 g/mol. The molecule has 0 saturated heterocycles. The number of fused-ring (bicyclic) bond motifs is 1. The molecule has 2 rings (SSSR count). The number of benzene rings is 1. The Morgan fingerprint density at radius 2 is 2.05 bits per heavy atom. The van der Waals surface area contributed by atoms with Gasteiger partial charge in [-0.3, -0.25) is 14.4 Å². The monoisotopic (exact) mass is 260 g/mol. The van der Waals surface area contributed by atoms with Crippen LogP contribution >= 0.6 is 0 Å². The summed E-state index contributed by atoms with van der Waals surface area (Å²) in [6, 6.07) is 8.61. The molecule has 0 bridgehead atoms. The number of carbonyl (C=O) groups excluding carboxylic acids is 2. The van der Waals surface area contributed by atoms with Crippen LogP contribution in [0.2, 0.25) is 0 Å². The van der Waals surface area contributed by atoms with E-state index in [0.717, 1.165) is 5.39 Å². The van der Waals surface area contributed by atoms with Gasteiger partial charge in [-0.2, -0.15) is 0 Å². The van der Waals surface area contributed by atoms with Crippen molar-refractivity contribution in [2.45, 2.75) is 0 Å². The summed E-state index contributed by atoms with van der Waals surface area (Å²) >= 11 is 0. The Kier molecular flexibility index (Phi) is 3.58. The second-order valence-corrected chi connectivity index (χ2v) is 3.80. The van der Waals surface area contributed by atoms with Crippen molar-refractivity contribution in [2.24, 2.45) is 5.73 Å². The zero-order valence-corrected chi connectivity index (χ0v) is 9.92. The molecule has 0 fully saturated rings. The van der Waals surface area contributed by atoms with Crippen molar-refractivity contribution in [3.05, 3.63) is 36.0 Å². The minimum absolute atomic E-state index is 0.0978. The summed E-state index contributed by atoms with van der Waals surface area (Å²) < 4.78 is 0. The highest BCUT2D eigenvalue weighted by Gasteiger charge is 2.11. The number of nitrogen functional groups attached to an aromatic ring is 1. The average Bonchev–Trinajstić information content (AvgIpc) is 2.38. The summed E-state index contributed by atoms with van der Waals surface area (Å²) in [4.78, 5) is 30.9. The molecule has 1 aromatic carbocycles. The molecule has 5 N–H and O–H groups in total. The summed E-state index contributed by atoms with van der Waals surface area (Å²) in [5.41, 5.74) is 13.9. The number of hydroxylamine groups is 1. The van der Waals surface area contributed by atoms with E-state index < -0.39 is 18.4 Å². The normalized spacial score (nSPS) is 10.3. The Morgan fingerprint density at radius 3 is 2.79 bits per heavy atom. The number of para-hydroxylation sites is 1. The Bertz CT molecular complexity index is 642. The first-order chi connectivity index (χ1) is 9.08. The van der Waals surface area contributed by atoms with Crippen LogP contribution in [0, 0.1) is 0 Å². The number of aromatic nitrogens is 1. The molecule has 0 aliphatic carbocycles. The van der Waals surface area contributed by atoms with E-state index in [9.17, 15) is 9.59 Å². The Hall–Kier alpha value is -2.67. The number of amides is 2. The Labute approximate surface area is 108 Å². The molecule has 19 heavy (non-hydrogen) atoms. The summed E-state index contributed by atoms with van der Waals surface area (Å²) in [6.07, 6.45) is 0. The topological polar surface area (TPSA) is 120 Å². The molecule has 1 heterocycles. The lowest BCUT2D eigenvalue weighted by Gasteiger charge is -2.06. The summed E-state index contributed by atoms with van der Waals surface area (Å²) in [5.74, 6) is -1.29. The van der Waals surface area contributed by atoms with Gasteiger partial charge in [-0.1, -0.05) is 18.2 Å². The first kappa shape index (κ1) is 12.8. The third-order valence-corrected chi connectivity index (χ3v) is 2.36. The van der Waals surface area contributed by atoms with Gasteiger partial charge in [0, 0.05) is 11.1 Å². The number of pyridine rings is 1. The van der Waals surface area contributed by atoms with Gasteiger partial charge in [0.15, 0.2) is 6.61 Å². The first-order valence-electron chi connectivity index (χ1n) is 5.43. The molecule has 0 unspecified atom stereocenters. The van der Waals surface area contributed by atoms with Crippen molar-refractivity contribution in [2.75, 3.05) is 12.3 Å². The van der Waals surface area contributed by atoms with Crippen molar-refractivity contribution in [3.63, 3.8) is 0 Å². The maximum atomic E-state index is 11.7. The molecule has 1 aromatic heterocycles. The lowest BCUT2D eigenvalue weighted by molar-refractivity contribution is -0.124. The fraction of sp³-hybridized carbons (Fsp3) is 0.0833. The minimum Gasteiger partial charge on any atom is -0.398 e. The van der Waals surface area contributed by atoms with Gasteiger partial charge in [0.05, 0.1) is 5.52 Å². The molecule has 0 aliphatic rings. The number of primary amides is 1. The summed E-state index contributed by atoms with van der Waals surface area (Å²) in [6.45, 7) is -0.408. The smallest absolute Gasteiger partial charge is 0.293 e. The number of nitrogens with two attached hydrogens (primary N) is 2. The number of hydrogen-bond donors (Lipinski definition) is 3. The molecular formula is C12H12N4O3. The second kappa shape index (κ2) is 5.32. The zero-order chi connectivity index (χ0) is 13.8. The minimum atomic E-state index is -0.689. The number of anilines is 1. The van der Waals surface area contributed by atoms with Crippen LogP contribution in [0.3, 0.4) is 0 Å². The van der Waals surface area contributed by atoms with Crippen LogP contribution in [0.4, 0.5) is 5.69 Å². The van der Waals surface area contributed by atoms with Gasteiger partial charge in [0.25, 0.3) is 5.91 Å². The van der Waals surface area contributed by atoms with Crippen LogP contribution in [0.15, 0.2) is 30.3 Å². The molecule has 0 aliphatic heterocycles. The van der Waals surface area contributed by atoms with Crippen molar-refractivity contribution >= 4 is 28.4 Å². The lowest BCUT2D eigenvalue weighted by atomic mass is 10.1. The Balaban J connectivity index is 2.20. The van der Waals surface area contributed by atoms with Gasteiger partial charge in [-0.15, -0.1) is 0 Å². The van der Waals surface area contributed by atoms with Gasteiger partial charge in [0.2, 0.25) is 5.91 Å². The molecule has 7 heteroatoms. The number of nitrogens with one attached hydrogen (secondary N) is 1. The second-order valence-electron chi connectivity index (χ2n) is 3.80. The first-order valence-corrected chi connectivity index (χ1v) is 5.43. The van der Waals surface area contributed by atoms with Crippen molar-refractivity contribution in [1.82, 2.24) is 10.5 Å². The van der Waals surface area contributed by atoms with Crippen LogP contribution in [-0.4, -0.2) is 23.4 Å². The Morgan fingerprint density at radius 1 is 1.32 bits per heavy atom. The van der Waals surface area contributed by atoms with E-state index in [1.54, 1.807) is 12.1 Å². The number of hydrogen-bond acceptors (Lipinski definition) is 5. The van der Waals surface area contributed by atoms with Gasteiger partial charge in [0.1, 0.15) is 5.69 Å². The molecule has 2 amide bonds. The fourth-order valence-corrected chi connectivity index (χ4v) is 1.54. The predicted octanol–water partition coefficient (Wildman–Crippen LogP) is -0.0363. The predicted molar refractivity (Wildman–Crippen MR) is 68.8 cm³/mol. The van der Waals surface area contributed by atoms with Crippen LogP contribution in [0.25, 0.3) is 10.9 Å². The zero-order valence-electron chi connectivity index (χ0n) is 9.92. The van der Waals surface area contributed by atoms with E-state index in [0.29, 0.717) is 11.2 Å². The van der Waals surface area contributed by atoms with E-state index in [1.807, 2.05) is 12.1 Å². The van der Waals surface area contributed by atoms with Crippen molar-refractivity contribution in [1.29, 1.82) is 0 Å². The van der Waals surface area contributed by atoms with Gasteiger partial charge in [-0.25, -0.2) is 10.5 Å². The molecule has 0 atom stereocenters. The molecule has 0 saturated carbocycles. The van der Waals surface area contributed by atoms with E-state index in [-0.39, 0.29) is 5.69 Å². The van der Waals surface area contributed by atoms with Gasteiger partial charge in [-0.05, 0) is 12.1 Å². The van der Waals surface area contributed by atoms with Crippen LogP contribution in [-0.2, 0) is 9.63 Å². The summed E-state index contributed by atoms with van der Waals surface area (Å²) in [5, 5.41) is 0.761. The number of carbonyl (C=O) groups is 2. The molecule has 0 radical (unpaired) electrons. The van der Waals surface area contributed by atoms with E-state index in [1.165, 1.54) is 6.07 Å². The standard InChI is InChI=1S/C12H12N4O3/c13-8-5-10(12(18)16-19-6-11(14)17)15-9-4-2-1-3-7(8)9/h1-5H,6H2,(H2,13,15)(H2,14,17)(H,16,18). The van der Waals surface area contributed by atoms with Crippen molar-refractivity contribution in [3.8, 4) is 0 Å². The molecule has 2 aromatic rings.